The van der Waals surface area contributed by atoms with E-state index in [4.69, 9.17) is 5.73 Å². The third-order valence-electron chi connectivity index (χ3n) is 3.34. The van der Waals surface area contributed by atoms with Crippen molar-refractivity contribution in [1.29, 1.82) is 0 Å². The second-order valence-electron chi connectivity index (χ2n) is 4.72. The van der Waals surface area contributed by atoms with Crippen LogP contribution in [0.25, 0.3) is 0 Å². The summed E-state index contributed by atoms with van der Waals surface area (Å²) in [6.45, 7) is 0. The molecule has 0 spiro atoms. The van der Waals surface area contributed by atoms with Crippen LogP contribution in [-0.4, -0.2) is 11.5 Å². The van der Waals surface area contributed by atoms with Crippen LogP contribution < -0.4 is 5.73 Å². The summed E-state index contributed by atoms with van der Waals surface area (Å²) in [6, 6.07) is 8.28. The molecule has 0 aromatic heterocycles. The summed E-state index contributed by atoms with van der Waals surface area (Å²) in [5.74, 6) is 3.63. The molecule has 0 bridgehead atoms. The van der Waals surface area contributed by atoms with Gasteiger partial charge < -0.3 is 5.73 Å². The molecule has 1 nitrogen and oxygen atoms in total. The minimum Gasteiger partial charge on any atom is -0.399 e. The number of nitrogen functional groups attached to an aromatic ring is 1. The summed E-state index contributed by atoms with van der Waals surface area (Å²) in [5.41, 5.74) is 7.93. The molecule has 1 fully saturated rings. The number of hydrogen-bond donors (Lipinski definition) is 1. The SMILES string of the molecule is Nc1ccc(CCSCC2CCCC2)cc1. The highest BCUT2D eigenvalue weighted by Crippen LogP contribution is 2.28. The monoisotopic (exact) mass is 235 g/mol. The van der Waals surface area contributed by atoms with Crippen molar-refractivity contribution in [3.8, 4) is 0 Å². The summed E-state index contributed by atoms with van der Waals surface area (Å²) < 4.78 is 0. The maximum Gasteiger partial charge on any atom is 0.0314 e. The average molecular weight is 235 g/mol. The summed E-state index contributed by atoms with van der Waals surface area (Å²) in [7, 11) is 0. The van der Waals surface area contributed by atoms with Crippen LogP contribution in [0.2, 0.25) is 0 Å². The summed E-state index contributed by atoms with van der Waals surface area (Å²) in [6.07, 6.45) is 7.04. The molecule has 1 aromatic rings. The highest BCUT2D eigenvalue weighted by molar-refractivity contribution is 7.99. The van der Waals surface area contributed by atoms with Gasteiger partial charge in [0.25, 0.3) is 0 Å². The van der Waals surface area contributed by atoms with Crippen LogP contribution >= 0.6 is 11.8 Å². The van der Waals surface area contributed by atoms with E-state index in [9.17, 15) is 0 Å². The Balaban J connectivity index is 1.62. The Labute approximate surface area is 103 Å². The Hall–Kier alpha value is -0.630. The molecule has 2 N–H and O–H groups in total. The number of aryl methyl sites for hydroxylation is 1. The molecule has 1 aromatic carbocycles. The number of rotatable bonds is 5. The Morgan fingerprint density at radius 2 is 1.81 bits per heavy atom. The summed E-state index contributed by atoms with van der Waals surface area (Å²) in [5, 5.41) is 0. The molecule has 2 rings (SSSR count). The van der Waals surface area contributed by atoms with Gasteiger partial charge in [-0.15, -0.1) is 0 Å². The first-order valence-electron chi connectivity index (χ1n) is 6.27. The molecule has 1 saturated carbocycles. The van der Waals surface area contributed by atoms with Crippen molar-refractivity contribution < 1.29 is 0 Å². The number of anilines is 1. The molecule has 1 aliphatic rings. The van der Waals surface area contributed by atoms with E-state index in [1.807, 2.05) is 12.1 Å². The number of benzene rings is 1. The maximum atomic E-state index is 5.66. The first kappa shape index (κ1) is 11.8. The van der Waals surface area contributed by atoms with Gasteiger partial charge >= 0.3 is 0 Å². The predicted octanol–water partition coefficient (Wildman–Crippen LogP) is 3.73. The lowest BCUT2D eigenvalue weighted by Crippen LogP contribution is -1.98. The van der Waals surface area contributed by atoms with Crippen LogP contribution in [0.15, 0.2) is 24.3 Å². The highest BCUT2D eigenvalue weighted by atomic mass is 32.2. The highest BCUT2D eigenvalue weighted by Gasteiger charge is 2.14. The summed E-state index contributed by atoms with van der Waals surface area (Å²) >= 11 is 2.12. The molecular weight excluding hydrogens is 214 g/mol. The van der Waals surface area contributed by atoms with Crippen LogP contribution in [0.5, 0.6) is 0 Å². The van der Waals surface area contributed by atoms with Crippen LogP contribution in [-0.2, 0) is 6.42 Å². The van der Waals surface area contributed by atoms with Crippen molar-refractivity contribution in [3.63, 3.8) is 0 Å². The van der Waals surface area contributed by atoms with E-state index in [0.717, 1.165) is 11.6 Å². The quantitative estimate of drug-likeness (QED) is 0.621. The van der Waals surface area contributed by atoms with E-state index >= 15 is 0 Å². The van der Waals surface area contributed by atoms with Gasteiger partial charge in [0.05, 0.1) is 0 Å². The molecule has 0 saturated heterocycles. The van der Waals surface area contributed by atoms with Gasteiger partial charge in [0, 0.05) is 5.69 Å². The van der Waals surface area contributed by atoms with Crippen LogP contribution in [0, 0.1) is 5.92 Å². The number of hydrogen-bond acceptors (Lipinski definition) is 2. The van der Waals surface area contributed by atoms with Crippen molar-refractivity contribution in [1.82, 2.24) is 0 Å². The Morgan fingerprint density at radius 1 is 1.12 bits per heavy atom. The third-order valence-corrected chi connectivity index (χ3v) is 4.54. The molecule has 0 heterocycles. The van der Waals surface area contributed by atoms with Gasteiger partial charge in [-0.2, -0.15) is 11.8 Å². The topological polar surface area (TPSA) is 26.0 Å². The maximum absolute atomic E-state index is 5.66. The largest absolute Gasteiger partial charge is 0.399 e. The van der Waals surface area contributed by atoms with E-state index in [1.54, 1.807) is 0 Å². The smallest absolute Gasteiger partial charge is 0.0314 e. The first-order chi connectivity index (χ1) is 7.84. The minimum atomic E-state index is 0.863. The zero-order chi connectivity index (χ0) is 11.2. The lowest BCUT2D eigenvalue weighted by atomic mass is 10.1. The second kappa shape index (κ2) is 6.19. The molecule has 0 amide bonds. The van der Waals surface area contributed by atoms with Crippen molar-refractivity contribution >= 4 is 17.4 Å². The van der Waals surface area contributed by atoms with Gasteiger partial charge in [0.15, 0.2) is 0 Å². The first-order valence-corrected chi connectivity index (χ1v) is 7.42. The molecule has 0 unspecified atom stereocenters. The molecule has 0 atom stereocenters. The van der Waals surface area contributed by atoms with Gasteiger partial charge in [0.2, 0.25) is 0 Å². The zero-order valence-electron chi connectivity index (χ0n) is 9.82. The summed E-state index contributed by atoms with van der Waals surface area (Å²) in [4.78, 5) is 0. The lowest BCUT2D eigenvalue weighted by Gasteiger charge is -2.08. The van der Waals surface area contributed by atoms with Crippen LogP contribution in [0.1, 0.15) is 31.2 Å². The molecule has 2 heteroatoms. The molecule has 16 heavy (non-hydrogen) atoms. The Morgan fingerprint density at radius 3 is 2.50 bits per heavy atom. The lowest BCUT2D eigenvalue weighted by molar-refractivity contribution is 0.623. The Kier molecular flexibility index (Phi) is 4.58. The van der Waals surface area contributed by atoms with E-state index in [2.05, 4.69) is 23.9 Å². The normalized spacial score (nSPS) is 16.8. The van der Waals surface area contributed by atoms with Crippen LogP contribution in [0.3, 0.4) is 0 Å². The zero-order valence-corrected chi connectivity index (χ0v) is 10.6. The van der Waals surface area contributed by atoms with Gasteiger partial charge in [0.1, 0.15) is 0 Å². The van der Waals surface area contributed by atoms with E-state index in [0.29, 0.717) is 0 Å². The van der Waals surface area contributed by atoms with Crippen molar-refractivity contribution in [2.24, 2.45) is 5.92 Å². The molecule has 88 valence electrons. The van der Waals surface area contributed by atoms with Gasteiger partial charge in [-0.1, -0.05) is 25.0 Å². The average Bonchev–Trinajstić information content (AvgIpc) is 2.80. The second-order valence-corrected chi connectivity index (χ2v) is 5.87. The van der Waals surface area contributed by atoms with E-state index < -0.39 is 0 Å². The fraction of sp³-hybridized carbons (Fsp3) is 0.571. The number of thioether (sulfide) groups is 1. The predicted molar refractivity (Wildman–Crippen MR) is 73.8 cm³/mol. The van der Waals surface area contributed by atoms with E-state index in [1.165, 1.54) is 49.2 Å². The fourth-order valence-electron chi connectivity index (χ4n) is 2.30. The number of nitrogens with two attached hydrogens (primary N) is 1. The molecular formula is C14H21NS. The van der Waals surface area contributed by atoms with E-state index in [-0.39, 0.29) is 0 Å². The fourth-order valence-corrected chi connectivity index (χ4v) is 3.51. The van der Waals surface area contributed by atoms with Gasteiger partial charge in [-0.3, -0.25) is 0 Å². The molecule has 1 aliphatic carbocycles. The third kappa shape index (κ3) is 3.75. The van der Waals surface area contributed by atoms with Crippen LogP contribution in [0.4, 0.5) is 5.69 Å². The van der Waals surface area contributed by atoms with Crippen molar-refractivity contribution in [2.45, 2.75) is 32.1 Å². The van der Waals surface area contributed by atoms with Gasteiger partial charge in [-0.05, 0) is 54.4 Å². The molecule has 0 aliphatic heterocycles. The van der Waals surface area contributed by atoms with Gasteiger partial charge in [-0.25, -0.2) is 0 Å². The molecule has 0 radical (unpaired) electrons. The van der Waals surface area contributed by atoms with Crippen molar-refractivity contribution in [2.75, 3.05) is 17.2 Å². The Bertz CT molecular complexity index is 301. The minimum absolute atomic E-state index is 0.863. The standard InChI is InChI=1S/C14H21NS/c15-14-7-5-12(6-8-14)9-10-16-11-13-3-1-2-4-13/h5-8,13H,1-4,9-11,15H2. The van der Waals surface area contributed by atoms with Crippen molar-refractivity contribution in [3.05, 3.63) is 29.8 Å².